The molecule has 0 aromatic carbocycles. The Morgan fingerprint density at radius 2 is 0.706 bits per heavy atom. The average Bonchev–Trinajstić information content (AvgIpc) is 2.15. The lowest BCUT2D eigenvalue weighted by atomic mass is 10.0. The van der Waals surface area contributed by atoms with Crippen LogP contribution in [0.15, 0.2) is 22.3 Å². The van der Waals surface area contributed by atoms with E-state index in [1.54, 1.807) is 0 Å². The fourth-order valence-electron chi connectivity index (χ4n) is 1.15. The first-order valence-corrected chi connectivity index (χ1v) is 6.39. The molecule has 0 saturated heterocycles. The Bertz CT molecular complexity index is 213. The van der Waals surface area contributed by atoms with Crippen LogP contribution in [0.3, 0.4) is 0 Å². The summed E-state index contributed by atoms with van der Waals surface area (Å²) in [5.41, 5.74) is 5.95. The van der Waals surface area contributed by atoms with Crippen molar-refractivity contribution in [3.05, 3.63) is 22.3 Å². The summed E-state index contributed by atoms with van der Waals surface area (Å²) >= 11 is 0. The first-order chi connectivity index (χ1) is 7.11. The van der Waals surface area contributed by atoms with E-state index in [9.17, 15) is 0 Å². The van der Waals surface area contributed by atoms with Gasteiger partial charge in [0.25, 0.3) is 0 Å². The van der Waals surface area contributed by atoms with Gasteiger partial charge in [-0.15, -0.1) is 0 Å². The van der Waals surface area contributed by atoms with E-state index < -0.39 is 0 Å². The molecule has 0 nitrogen and oxygen atoms in total. The van der Waals surface area contributed by atoms with Crippen LogP contribution in [-0.2, 0) is 0 Å². The maximum absolute atomic E-state index is 2.22. The van der Waals surface area contributed by atoms with E-state index in [0.717, 1.165) is 11.8 Å². The molecule has 0 spiro atoms. The van der Waals surface area contributed by atoms with Crippen molar-refractivity contribution in [1.82, 2.24) is 0 Å². The van der Waals surface area contributed by atoms with Gasteiger partial charge in [-0.2, -0.15) is 0 Å². The summed E-state index contributed by atoms with van der Waals surface area (Å²) in [6, 6.07) is 0. The summed E-state index contributed by atoms with van der Waals surface area (Å²) in [6.45, 7) is 21.9. The minimum atomic E-state index is 0. The second-order valence-corrected chi connectivity index (χ2v) is 5.68. The molecule has 0 heterocycles. The summed E-state index contributed by atoms with van der Waals surface area (Å²) in [4.78, 5) is 0. The lowest BCUT2D eigenvalue weighted by Gasteiger charge is -2.05. The molecule has 0 N–H and O–H groups in total. The van der Waals surface area contributed by atoms with Crippen molar-refractivity contribution >= 4 is 0 Å². The van der Waals surface area contributed by atoms with Gasteiger partial charge in [0.05, 0.1) is 0 Å². The van der Waals surface area contributed by atoms with Crippen molar-refractivity contribution in [3.63, 3.8) is 0 Å². The molecule has 0 atom stereocenters. The highest BCUT2D eigenvalue weighted by molar-refractivity contribution is 5.08. The lowest BCUT2D eigenvalue weighted by Crippen LogP contribution is -1.89. The van der Waals surface area contributed by atoms with E-state index in [-0.39, 0.29) is 7.43 Å². The molecule has 0 radical (unpaired) electrons. The molecule has 0 aliphatic carbocycles. The van der Waals surface area contributed by atoms with Crippen LogP contribution in [-0.4, -0.2) is 0 Å². The van der Waals surface area contributed by atoms with Gasteiger partial charge in [-0.1, -0.05) is 57.4 Å². The summed E-state index contributed by atoms with van der Waals surface area (Å²) in [5.74, 6) is 1.44. The molecule has 0 aliphatic heterocycles. The predicted octanol–water partition coefficient (Wildman–Crippen LogP) is 6.63. The fourth-order valence-corrected chi connectivity index (χ4v) is 1.15. The molecule has 0 saturated carbocycles. The van der Waals surface area contributed by atoms with E-state index in [4.69, 9.17) is 0 Å². The molecule has 0 aliphatic rings. The Kier molecular flexibility index (Phi) is 13.6. The van der Waals surface area contributed by atoms with E-state index in [0.29, 0.717) is 0 Å². The highest BCUT2D eigenvalue weighted by Gasteiger charge is 1.96. The quantitative estimate of drug-likeness (QED) is 0.475. The predicted molar refractivity (Wildman–Crippen MR) is 84.5 cm³/mol. The van der Waals surface area contributed by atoms with E-state index >= 15 is 0 Å². The van der Waals surface area contributed by atoms with Crippen molar-refractivity contribution in [3.8, 4) is 0 Å². The molecule has 0 fully saturated rings. The van der Waals surface area contributed by atoms with Gasteiger partial charge in [-0.25, -0.2) is 0 Å². The van der Waals surface area contributed by atoms with Crippen LogP contribution in [0, 0.1) is 11.8 Å². The van der Waals surface area contributed by atoms with E-state index in [2.05, 4.69) is 69.2 Å². The minimum absolute atomic E-state index is 0. The van der Waals surface area contributed by atoms with Crippen molar-refractivity contribution in [2.75, 3.05) is 0 Å². The molecule has 0 aromatic rings. The van der Waals surface area contributed by atoms with Gasteiger partial charge >= 0.3 is 0 Å². The number of hydrogen-bond donors (Lipinski definition) is 0. The molecule has 17 heavy (non-hydrogen) atoms. The van der Waals surface area contributed by atoms with Crippen LogP contribution in [0.4, 0.5) is 0 Å². The van der Waals surface area contributed by atoms with E-state index in [1.807, 2.05) is 0 Å². The maximum atomic E-state index is 2.22. The molecule has 0 bridgehead atoms. The summed E-state index contributed by atoms with van der Waals surface area (Å²) in [7, 11) is 0. The second-order valence-electron chi connectivity index (χ2n) is 5.68. The standard InChI is InChI=1S/2C8H16.CH4/c2*1-6(2)8(5)7(3)4;/h2*6H,1-5H3;1H4. The van der Waals surface area contributed by atoms with Crippen LogP contribution < -0.4 is 0 Å². The first kappa shape index (κ1) is 21.7. The molecule has 0 unspecified atom stereocenters. The zero-order valence-corrected chi connectivity index (χ0v) is 13.2. The number of allylic oxidation sites excluding steroid dienone is 4. The zero-order chi connectivity index (χ0) is 13.5. The van der Waals surface area contributed by atoms with Crippen LogP contribution in [0.5, 0.6) is 0 Å². The molecular weight excluding hydrogens is 204 g/mol. The van der Waals surface area contributed by atoms with Crippen LogP contribution in [0.2, 0.25) is 0 Å². The number of rotatable bonds is 2. The highest BCUT2D eigenvalue weighted by atomic mass is 14.0. The molecule has 0 amide bonds. The summed E-state index contributed by atoms with van der Waals surface area (Å²) in [6.07, 6.45) is 0. The average molecular weight is 240 g/mol. The second kappa shape index (κ2) is 10.6. The Labute approximate surface area is 111 Å². The Hall–Kier alpha value is -0.520. The topological polar surface area (TPSA) is 0 Å². The summed E-state index contributed by atoms with van der Waals surface area (Å²) < 4.78 is 0. The number of hydrogen-bond acceptors (Lipinski definition) is 0. The third-order valence-electron chi connectivity index (χ3n) is 3.31. The van der Waals surface area contributed by atoms with Gasteiger partial charge in [-0.05, 0) is 53.4 Å². The Morgan fingerprint density at radius 1 is 0.529 bits per heavy atom. The first-order valence-electron chi connectivity index (χ1n) is 6.39. The van der Waals surface area contributed by atoms with Crippen molar-refractivity contribution in [2.24, 2.45) is 11.8 Å². The van der Waals surface area contributed by atoms with Gasteiger partial charge in [-0.3, -0.25) is 0 Å². The largest absolute Gasteiger partial charge is 0.0776 e. The summed E-state index contributed by atoms with van der Waals surface area (Å²) in [5, 5.41) is 0. The third kappa shape index (κ3) is 11.7. The van der Waals surface area contributed by atoms with Gasteiger partial charge in [0.1, 0.15) is 0 Å². The zero-order valence-electron chi connectivity index (χ0n) is 13.2. The normalized spacial score (nSPS) is 9.18. The fraction of sp³-hybridized carbons (Fsp3) is 0.765. The molecule has 0 aromatic heterocycles. The van der Waals surface area contributed by atoms with Crippen LogP contribution >= 0.6 is 0 Å². The van der Waals surface area contributed by atoms with Gasteiger partial charge in [0.15, 0.2) is 0 Å². The maximum Gasteiger partial charge on any atom is -0.0260 e. The monoisotopic (exact) mass is 240 g/mol. The Morgan fingerprint density at radius 3 is 0.706 bits per heavy atom. The van der Waals surface area contributed by atoms with Crippen LogP contribution in [0.25, 0.3) is 0 Å². The SMILES string of the molecule is C.CC(C)=C(C)C(C)C.CC(C)=C(C)C(C)C. The van der Waals surface area contributed by atoms with Crippen molar-refractivity contribution in [1.29, 1.82) is 0 Å². The molecule has 0 rings (SSSR count). The third-order valence-corrected chi connectivity index (χ3v) is 3.31. The molecule has 0 heteroatoms. The minimum Gasteiger partial charge on any atom is -0.0776 e. The van der Waals surface area contributed by atoms with E-state index in [1.165, 1.54) is 22.3 Å². The van der Waals surface area contributed by atoms with Crippen molar-refractivity contribution in [2.45, 2.75) is 76.7 Å². The van der Waals surface area contributed by atoms with Gasteiger partial charge < -0.3 is 0 Å². The Balaban J connectivity index is -0.000000218. The van der Waals surface area contributed by atoms with Gasteiger partial charge in [0, 0.05) is 0 Å². The molecule has 104 valence electrons. The van der Waals surface area contributed by atoms with Crippen LogP contribution in [0.1, 0.15) is 76.7 Å². The molecular formula is C17H36. The lowest BCUT2D eigenvalue weighted by molar-refractivity contribution is 0.756. The van der Waals surface area contributed by atoms with Crippen molar-refractivity contribution < 1.29 is 0 Å². The highest BCUT2D eigenvalue weighted by Crippen LogP contribution is 2.12. The van der Waals surface area contributed by atoms with Gasteiger partial charge in [0.2, 0.25) is 0 Å². The smallest absolute Gasteiger partial charge is 0.0260 e.